The number of nitrogens with one attached hydrogen (secondary N) is 1. The van der Waals surface area contributed by atoms with Gasteiger partial charge < -0.3 is 10.2 Å². The number of benzene rings is 1. The number of likely N-dealkylation sites (tertiary alicyclic amines) is 1. The van der Waals surface area contributed by atoms with E-state index in [0.29, 0.717) is 18.2 Å². The summed E-state index contributed by atoms with van der Waals surface area (Å²) in [5.41, 5.74) is 0. The topological polar surface area (TPSA) is 32.3 Å². The summed E-state index contributed by atoms with van der Waals surface area (Å²) in [7, 11) is 1.93. The minimum atomic E-state index is 0.326. The largest absolute Gasteiger partial charge is 0.342 e. The quantitative estimate of drug-likeness (QED) is 0.619. The lowest BCUT2D eigenvalue weighted by Gasteiger charge is -2.16. The third-order valence-corrected chi connectivity index (χ3v) is 4.93. The van der Waals surface area contributed by atoms with Crippen LogP contribution in [0.3, 0.4) is 0 Å². The Balaban J connectivity index is 1.68. The fourth-order valence-corrected chi connectivity index (χ4v) is 3.55. The number of carbonyl (C=O) groups is 1. The highest BCUT2D eigenvalue weighted by Gasteiger charge is 2.25. The van der Waals surface area contributed by atoms with Gasteiger partial charge in [-0.3, -0.25) is 4.79 Å². The fourth-order valence-electron chi connectivity index (χ4n) is 2.50. The van der Waals surface area contributed by atoms with Crippen molar-refractivity contribution in [2.45, 2.75) is 24.2 Å². The molecule has 1 unspecified atom stereocenters. The molecule has 1 aromatic rings. The minimum Gasteiger partial charge on any atom is -0.342 e. The zero-order valence-electron chi connectivity index (χ0n) is 12.2. The van der Waals surface area contributed by atoms with Crippen molar-refractivity contribution in [1.82, 2.24) is 10.2 Å². The third kappa shape index (κ3) is 4.84. The second-order valence-corrected chi connectivity index (χ2v) is 6.42. The van der Waals surface area contributed by atoms with E-state index in [1.807, 2.05) is 29.8 Å². The maximum Gasteiger partial charge on any atom is 0.222 e. The molecule has 1 fully saturated rings. The van der Waals surface area contributed by atoms with Gasteiger partial charge in [-0.1, -0.05) is 18.2 Å². The first-order valence-corrected chi connectivity index (χ1v) is 8.38. The van der Waals surface area contributed by atoms with Gasteiger partial charge in [0.05, 0.1) is 0 Å². The molecule has 2 rings (SSSR count). The van der Waals surface area contributed by atoms with E-state index in [0.717, 1.165) is 38.2 Å². The van der Waals surface area contributed by atoms with Gasteiger partial charge in [-0.05, 0) is 44.5 Å². The molecule has 0 saturated carbocycles. The first-order chi connectivity index (χ1) is 9.79. The molecule has 0 bridgehead atoms. The Bertz CT molecular complexity index is 410. The Morgan fingerprint density at radius 2 is 2.20 bits per heavy atom. The number of hydrogen-bond donors (Lipinski definition) is 1. The summed E-state index contributed by atoms with van der Waals surface area (Å²) in [6, 6.07) is 10.5. The zero-order valence-corrected chi connectivity index (χ0v) is 13.0. The zero-order chi connectivity index (χ0) is 14.2. The number of hydrogen-bond acceptors (Lipinski definition) is 3. The highest BCUT2D eigenvalue weighted by Crippen LogP contribution is 2.26. The van der Waals surface area contributed by atoms with Crippen molar-refractivity contribution in [2.24, 2.45) is 5.92 Å². The van der Waals surface area contributed by atoms with Crippen LogP contribution in [0.4, 0.5) is 0 Å². The molecule has 0 spiro atoms. The second-order valence-electron chi connectivity index (χ2n) is 5.33. The van der Waals surface area contributed by atoms with Gasteiger partial charge in [-0.25, -0.2) is 0 Å². The smallest absolute Gasteiger partial charge is 0.222 e. The van der Waals surface area contributed by atoms with E-state index in [9.17, 15) is 4.79 Å². The molecule has 1 aromatic carbocycles. The van der Waals surface area contributed by atoms with Crippen molar-refractivity contribution in [2.75, 3.05) is 32.4 Å². The number of amides is 1. The predicted molar refractivity (Wildman–Crippen MR) is 85.0 cm³/mol. The molecule has 20 heavy (non-hydrogen) atoms. The van der Waals surface area contributed by atoms with Crippen LogP contribution in [0, 0.1) is 5.92 Å². The maximum absolute atomic E-state index is 12.0. The van der Waals surface area contributed by atoms with Crippen LogP contribution in [-0.2, 0) is 4.79 Å². The molecule has 1 saturated heterocycles. The normalized spacial score (nSPS) is 18.4. The van der Waals surface area contributed by atoms with Gasteiger partial charge in [0, 0.05) is 30.2 Å². The van der Waals surface area contributed by atoms with Crippen LogP contribution < -0.4 is 5.32 Å². The van der Waals surface area contributed by atoms with Crippen molar-refractivity contribution in [1.29, 1.82) is 0 Å². The lowest BCUT2D eigenvalue weighted by Crippen LogP contribution is -2.29. The van der Waals surface area contributed by atoms with Crippen molar-refractivity contribution >= 4 is 17.7 Å². The Morgan fingerprint density at radius 3 is 2.95 bits per heavy atom. The van der Waals surface area contributed by atoms with Crippen LogP contribution in [-0.4, -0.2) is 43.2 Å². The van der Waals surface area contributed by atoms with E-state index in [2.05, 4.69) is 29.6 Å². The van der Waals surface area contributed by atoms with E-state index in [4.69, 9.17) is 0 Å². The number of nitrogens with zero attached hydrogens (tertiary/aromatic N) is 1. The molecule has 4 heteroatoms. The van der Waals surface area contributed by atoms with Gasteiger partial charge in [0.1, 0.15) is 0 Å². The summed E-state index contributed by atoms with van der Waals surface area (Å²) < 4.78 is 0. The third-order valence-electron chi connectivity index (χ3n) is 3.68. The molecule has 1 heterocycles. The average molecular weight is 292 g/mol. The molecular weight excluding hydrogens is 268 g/mol. The lowest BCUT2D eigenvalue weighted by molar-refractivity contribution is -0.130. The summed E-state index contributed by atoms with van der Waals surface area (Å²) in [5, 5.41) is 3.09. The van der Waals surface area contributed by atoms with Crippen LogP contribution in [0.1, 0.15) is 19.3 Å². The van der Waals surface area contributed by atoms with Crippen LogP contribution in [0.5, 0.6) is 0 Å². The summed E-state index contributed by atoms with van der Waals surface area (Å²) in [6.45, 7) is 2.81. The van der Waals surface area contributed by atoms with Gasteiger partial charge in [-0.2, -0.15) is 0 Å². The van der Waals surface area contributed by atoms with Gasteiger partial charge in [0.2, 0.25) is 5.91 Å². The molecule has 1 atom stereocenters. The first-order valence-electron chi connectivity index (χ1n) is 7.40. The summed E-state index contributed by atoms with van der Waals surface area (Å²) >= 11 is 1.90. The second kappa shape index (κ2) is 8.32. The Labute approximate surface area is 126 Å². The van der Waals surface area contributed by atoms with Crippen LogP contribution in [0.15, 0.2) is 35.2 Å². The van der Waals surface area contributed by atoms with Gasteiger partial charge in [0.15, 0.2) is 0 Å². The summed E-state index contributed by atoms with van der Waals surface area (Å²) in [4.78, 5) is 15.4. The predicted octanol–water partition coefficient (Wildman–Crippen LogP) is 2.63. The van der Waals surface area contributed by atoms with E-state index >= 15 is 0 Å². The molecule has 0 aliphatic carbocycles. The van der Waals surface area contributed by atoms with E-state index in [-0.39, 0.29) is 0 Å². The highest BCUT2D eigenvalue weighted by molar-refractivity contribution is 7.99. The Morgan fingerprint density at radius 1 is 1.40 bits per heavy atom. The van der Waals surface area contributed by atoms with Crippen molar-refractivity contribution in [3.63, 3.8) is 0 Å². The minimum absolute atomic E-state index is 0.326. The molecule has 0 radical (unpaired) electrons. The standard InChI is InChI=1S/C16H24N2OS/c1-17-10-5-8-16(19)18-11-9-14(12-18)13-20-15-6-3-2-4-7-15/h2-4,6-7,14,17H,5,8-13H2,1H3. The van der Waals surface area contributed by atoms with Gasteiger partial charge >= 0.3 is 0 Å². The fraction of sp³-hybridized carbons (Fsp3) is 0.562. The molecular formula is C16H24N2OS. The summed E-state index contributed by atoms with van der Waals surface area (Å²) in [6.07, 6.45) is 2.77. The van der Waals surface area contributed by atoms with Gasteiger partial charge in [0.25, 0.3) is 0 Å². The molecule has 3 nitrogen and oxygen atoms in total. The lowest BCUT2D eigenvalue weighted by atomic mass is 10.2. The van der Waals surface area contributed by atoms with Crippen LogP contribution >= 0.6 is 11.8 Å². The molecule has 110 valence electrons. The molecule has 0 aromatic heterocycles. The van der Waals surface area contributed by atoms with Crippen molar-refractivity contribution in [3.05, 3.63) is 30.3 Å². The van der Waals surface area contributed by atoms with E-state index in [1.54, 1.807) is 0 Å². The number of rotatable bonds is 7. The van der Waals surface area contributed by atoms with E-state index < -0.39 is 0 Å². The maximum atomic E-state index is 12.0. The molecule has 1 aliphatic rings. The number of carbonyl (C=O) groups excluding carboxylic acids is 1. The number of thioether (sulfide) groups is 1. The van der Waals surface area contributed by atoms with Crippen LogP contribution in [0.2, 0.25) is 0 Å². The van der Waals surface area contributed by atoms with E-state index in [1.165, 1.54) is 4.90 Å². The SMILES string of the molecule is CNCCCC(=O)N1CCC(CSc2ccccc2)C1. The first kappa shape index (κ1) is 15.4. The Hall–Kier alpha value is -1.00. The van der Waals surface area contributed by atoms with Crippen molar-refractivity contribution in [3.8, 4) is 0 Å². The summed E-state index contributed by atoms with van der Waals surface area (Å²) in [5.74, 6) is 2.09. The Kier molecular flexibility index (Phi) is 6.40. The monoisotopic (exact) mass is 292 g/mol. The van der Waals surface area contributed by atoms with Crippen molar-refractivity contribution < 1.29 is 4.79 Å². The average Bonchev–Trinajstić information content (AvgIpc) is 2.95. The van der Waals surface area contributed by atoms with Crippen LogP contribution in [0.25, 0.3) is 0 Å². The molecule has 1 amide bonds. The molecule has 1 N–H and O–H groups in total. The highest BCUT2D eigenvalue weighted by atomic mass is 32.2. The molecule has 1 aliphatic heterocycles. The van der Waals surface area contributed by atoms with Gasteiger partial charge in [-0.15, -0.1) is 11.8 Å².